The van der Waals surface area contributed by atoms with Gasteiger partial charge in [-0.3, -0.25) is 0 Å². The van der Waals surface area contributed by atoms with Crippen LogP contribution in [0.15, 0.2) is 36.5 Å². The lowest BCUT2D eigenvalue weighted by molar-refractivity contribution is 0.0620. The minimum Gasteiger partial charge on any atom is -0.378 e. The number of methoxy groups -OCH3 is 1. The molecular formula is C19H26N4O3. The molecule has 2 saturated heterocycles. The van der Waals surface area contributed by atoms with E-state index >= 15 is 0 Å². The minimum absolute atomic E-state index is 0.0266. The summed E-state index contributed by atoms with van der Waals surface area (Å²) in [7, 11) is 1.65. The van der Waals surface area contributed by atoms with Crippen molar-refractivity contribution in [3.05, 3.63) is 47.8 Å². The van der Waals surface area contributed by atoms with Crippen molar-refractivity contribution in [1.82, 2.24) is 20.3 Å². The quantitative estimate of drug-likeness (QED) is 0.719. The summed E-state index contributed by atoms with van der Waals surface area (Å²) in [6.07, 6.45) is 4.21. The number of benzene rings is 1. The third kappa shape index (κ3) is 3.81. The minimum atomic E-state index is 0.0266. The van der Waals surface area contributed by atoms with E-state index in [9.17, 15) is 0 Å². The van der Waals surface area contributed by atoms with Gasteiger partial charge in [0.25, 0.3) is 0 Å². The summed E-state index contributed by atoms with van der Waals surface area (Å²) in [5.74, 6) is 0. The molecule has 4 atom stereocenters. The monoisotopic (exact) mass is 358 g/mol. The number of rotatable bonds is 8. The van der Waals surface area contributed by atoms with Crippen LogP contribution < -0.4 is 5.32 Å². The first kappa shape index (κ1) is 17.6. The van der Waals surface area contributed by atoms with Gasteiger partial charge in [-0.15, -0.1) is 5.10 Å². The molecule has 0 spiro atoms. The van der Waals surface area contributed by atoms with Gasteiger partial charge in [0.1, 0.15) is 23.9 Å². The van der Waals surface area contributed by atoms with Gasteiger partial charge in [0, 0.05) is 7.11 Å². The molecule has 2 aliphatic heterocycles. The van der Waals surface area contributed by atoms with Crippen molar-refractivity contribution in [3.63, 3.8) is 0 Å². The molecular weight excluding hydrogens is 332 g/mol. The molecule has 7 heteroatoms. The Morgan fingerprint density at radius 1 is 1.19 bits per heavy atom. The topological polar surface area (TPSA) is 70.4 Å². The maximum Gasteiger partial charge on any atom is 0.110 e. The first-order valence-electron chi connectivity index (χ1n) is 9.25. The predicted molar refractivity (Wildman–Crippen MR) is 95.8 cm³/mol. The molecule has 0 radical (unpaired) electrons. The first-order valence-corrected chi connectivity index (χ1v) is 9.25. The number of ether oxygens (including phenoxy) is 3. The van der Waals surface area contributed by atoms with Gasteiger partial charge in [-0.25, -0.2) is 4.68 Å². The van der Waals surface area contributed by atoms with Gasteiger partial charge >= 0.3 is 0 Å². The van der Waals surface area contributed by atoms with Crippen molar-refractivity contribution in [2.45, 2.75) is 43.7 Å². The summed E-state index contributed by atoms with van der Waals surface area (Å²) in [5, 5.41) is 12.0. The fourth-order valence-electron chi connectivity index (χ4n) is 3.80. The zero-order valence-corrected chi connectivity index (χ0v) is 15.1. The van der Waals surface area contributed by atoms with Crippen LogP contribution in [-0.2, 0) is 27.2 Å². The van der Waals surface area contributed by atoms with Crippen LogP contribution in [0.25, 0.3) is 0 Å². The Bertz CT molecular complexity index is 693. The highest BCUT2D eigenvalue weighted by Crippen LogP contribution is 2.33. The van der Waals surface area contributed by atoms with Gasteiger partial charge in [-0.2, -0.15) is 0 Å². The van der Waals surface area contributed by atoms with Crippen LogP contribution in [0.5, 0.6) is 0 Å². The first-order chi connectivity index (χ1) is 12.8. The van der Waals surface area contributed by atoms with E-state index in [2.05, 4.69) is 46.0 Å². The summed E-state index contributed by atoms with van der Waals surface area (Å²) in [5.41, 5.74) is 2.20. The van der Waals surface area contributed by atoms with Crippen molar-refractivity contribution in [2.24, 2.45) is 0 Å². The molecule has 140 valence electrons. The molecule has 1 aromatic heterocycles. The van der Waals surface area contributed by atoms with Crippen LogP contribution >= 0.6 is 0 Å². The molecule has 0 saturated carbocycles. The molecule has 2 fully saturated rings. The molecule has 7 nitrogen and oxygen atoms in total. The van der Waals surface area contributed by atoms with Gasteiger partial charge < -0.3 is 19.5 Å². The van der Waals surface area contributed by atoms with E-state index in [1.165, 1.54) is 5.56 Å². The van der Waals surface area contributed by atoms with Crippen molar-refractivity contribution < 1.29 is 14.2 Å². The fourth-order valence-corrected chi connectivity index (χ4v) is 3.80. The number of aromatic nitrogens is 3. The van der Waals surface area contributed by atoms with E-state index in [1.54, 1.807) is 7.11 Å². The third-order valence-corrected chi connectivity index (χ3v) is 5.11. The van der Waals surface area contributed by atoms with E-state index in [-0.39, 0.29) is 24.3 Å². The predicted octanol–water partition coefficient (Wildman–Crippen LogP) is 1.35. The van der Waals surface area contributed by atoms with E-state index in [0.29, 0.717) is 19.8 Å². The Labute approximate surface area is 153 Å². The van der Waals surface area contributed by atoms with Gasteiger partial charge in [-0.05, 0) is 24.9 Å². The highest BCUT2D eigenvalue weighted by Gasteiger charge is 2.48. The largest absolute Gasteiger partial charge is 0.378 e. The summed E-state index contributed by atoms with van der Waals surface area (Å²) < 4.78 is 19.0. The second-order valence-electron chi connectivity index (χ2n) is 6.94. The van der Waals surface area contributed by atoms with Crippen LogP contribution in [0.1, 0.15) is 23.7 Å². The maximum atomic E-state index is 6.03. The van der Waals surface area contributed by atoms with Crippen molar-refractivity contribution in [1.29, 1.82) is 0 Å². The summed E-state index contributed by atoms with van der Waals surface area (Å²) >= 11 is 0. The van der Waals surface area contributed by atoms with E-state index in [0.717, 1.165) is 25.1 Å². The number of nitrogens with zero attached hydrogens (tertiary/aromatic N) is 3. The second-order valence-corrected chi connectivity index (χ2v) is 6.94. The average molecular weight is 358 g/mol. The van der Waals surface area contributed by atoms with Crippen molar-refractivity contribution in [2.75, 3.05) is 26.9 Å². The Kier molecular flexibility index (Phi) is 5.59. The number of aryl methyl sites for hydroxylation is 1. The smallest absolute Gasteiger partial charge is 0.110 e. The van der Waals surface area contributed by atoms with Gasteiger partial charge in [0.15, 0.2) is 0 Å². The number of hydrogen-bond acceptors (Lipinski definition) is 6. The summed E-state index contributed by atoms with van der Waals surface area (Å²) in [4.78, 5) is 0. The standard InChI is InChI=1S/C19H26N4O3/c1-24-11-15-10-23(22-21-15)17-13-26-18-16(12-25-19(17)18)20-9-5-8-14-6-3-2-4-7-14/h2-4,6-7,10,16-20H,5,8-9,11-13H2,1H3/t16-,17+,18-,19+/m0/s1. The van der Waals surface area contributed by atoms with Crippen molar-refractivity contribution in [3.8, 4) is 0 Å². The molecule has 1 N–H and O–H groups in total. The normalized spacial score (nSPS) is 27.7. The number of hydrogen-bond donors (Lipinski definition) is 1. The maximum absolute atomic E-state index is 6.03. The van der Waals surface area contributed by atoms with Crippen LogP contribution in [-0.4, -0.2) is 60.1 Å². The van der Waals surface area contributed by atoms with E-state index < -0.39 is 0 Å². The molecule has 0 bridgehead atoms. The third-order valence-electron chi connectivity index (χ3n) is 5.11. The van der Waals surface area contributed by atoms with Crippen molar-refractivity contribution >= 4 is 0 Å². The van der Waals surface area contributed by atoms with Gasteiger partial charge in [0.2, 0.25) is 0 Å². The second kappa shape index (κ2) is 8.26. The SMILES string of the molecule is COCc1cn([C@@H]2CO[C@@H]3[C@@H]2OC[C@@H]3NCCCc2ccccc2)nn1. The molecule has 0 aliphatic carbocycles. The fraction of sp³-hybridized carbons (Fsp3) is 0.579. The van der Waals surface area contributed by atoms with Crippen LogP contribution in [0, 0.1) is 0 Å². The lowest BCUT2D eigenvalue weighted by Gasteiger charge is -2.17. The van der Waals surface area contributed by atoms with Crippen LogP contribution in [0.2, 0.25) is 0 Å². The van der Waals surface area contributed by atoms with Gasteiger partial charge in [0.05, 0.1) is 32.1 Å². The molecule has 26 heavy (non-hydrogen) atoms. The number of nitrogens with one attached hydrogen (secondary N) is 1. The molecule has 0 amide bonds. The number of fused-ring (bicyclic) bond motifs is 1. The molecule has 0 unspecified atom stereocenters. The Balaban J connectivity index is 1.26. The molecule has 2 aromatic rings. The molecule has 3 heterocycles. The summed E-state index contributed by atoms with van der Waals surface area (Å²) in [6, 6.07) is 10.9. The average Bonchev–Trinajstić information content (AvgIpc) is 3.37. The summed E-state index contributed by atoms with van der Waals surface area (Å²) in [6.45, 7) is 2.71. The lowest BCUT2D eigenvalue weighted by Crippen LogP contribution is -2.41. The van der Waals surface area contributed by atoms with Gasteiger partial charge in [-0.1, -0.05) is 35.5 Å². The van der Waals surface area contributed by atoms with Crippen LogP contribution in [0.4, 0.5) is 0 Å². The zero-order chi connectivity index (χ0) is 17.8. The highest BCUT2D eigenvalue weighted by atomic mass is 16.6. The lowest BCUT2D eigenvalue weighted by atomic mass is 10.1. The van der Waals surface area contributed by atoms with Crippen LogP contribution in [0.3, 0.4) is 0 Å². The Hall–Kier alpha value is -1.80. The zero-order valence-electron chi connectivity index (χ0n) is 15.1. The highest BCUT2D eigenvalue weighted by molar-refractivity contribution is 5.14. The molecule has 1 aromatic carbocycles. The van der Waals surface area contributed by atoms with E-state index in [4.69, 9.17) is 14.2 Å². The molecule has 2 aliphatic rings. The molecule has 4 rings (SSSR count). The Morgan fingerprint density at radius 3 is 2.88 bits per heavy atom. The Morgan fingerprint density at radius 2 is 2.04 bits per heavy atom. The van der Waals surface area contributed by atoms with E-state index in [1.807, 2.05) is 10.9 Å².